The molecule has 1 aliphatic carbocycles. The molecule has 1 aliphatic heterocycles. The summed E-state index contributed by atoms with van der Waals surface area (Å²) in [6, 6.07) is 1.48. The molecule has 1 amide bonds. The molecule has 2 heterocycles. The summed E-state index contributed by atoms with van der Waals surface area (Å²) in [5.74, 6) is -0.250. The molecule has 0 unspecified atom stereocenters. The van der Waals surface area contributed by atoms with E-state index in [1.54, 1.807) is 10.3 Å². The first kappa shape index (κ1) is 14.7. The zero-order valence-electron chi connectivity index (χ0n) is 11.5. The third-order valence-corrected chi connectivity index (χ3v) is 4.92. The fourth-order valence-corrected chi connectivity index (χ4v) is 3.90. The van der Waals surface area contributed by atoms with Gasteiger partial charge in [0.25, 0.3) is 5.91 Å². The van der Waals surface area contributed by atoms with Crippen LogP contribution in [0.15, 0.2) is 11.4 Å². The van der Waals surface area contributed by atoms with Crippen molar-refractivity contribution in [3.8, 4) is 5.75 Å². The van der Waals surface area contributed by atoms with Crippen molar-refractivity contribution in [3.05, 3.63) is 16.3 Å². The second-order valence-electron chi connectivity index (χ2n) is 5.25. The molecule has 1 aromatic heterocycles. The third-order valence-electron chi connectivity index (χ3n) is 4.03. The van der Waals surface area contributed by atoms with Crippen molar-refractivity contribution in [1.82, 2.24) is 4.90 Å². The molecule has 0 spiro atoms. The maximum absolute atomic E-state index is 12.7. The van der Waals surface area contributed by atoms with E-state index in [0.29, 0.717) is 13.2 Å². The Hall–Kier alpha value is -1.21. The molecule has 2 aliphatic rings. The maximum atomic E-state index is 12.7. The van der Waals surface area contributed by atoms with Gasteiger partial charge in [0.05, 0.1) is 18.8 Å². The Morgan fingerprint density at radius 3 is 3.05 bits per heavy atom. The predicted molar refractivity (Wildman–Crippen MR) is 74.0 cm³/mol. The molecule has 3 rings (SSSR count). The van der Waals surface area contributed by atoms with E-state index in [9.17, 15) is 13.6 Å². The normalized spacial score (nSPS) is 25.8. The summed E-state index contributed by atoms with van der Waals surface area (Å²) in [6.45, 7) is -1.91. The fourth-order valence-electron chi connectivity index (χ4n) is 3.12. The average molecular weight is 317 g/mol. The molecule has 0 N–H and O–H groups in total. The molecule has 7 heteroatoms. The number of carbonyl (C=O) groups is 1. The minimum absolute atomic E-state index is 0.0288. The Morgan fingerprint density at radius 2 is 2.24 bits per heavy atom. The van der Waals surface area contributed by atoms with Crippen LogP contribution < -0.4 is 4.74 Å². The van der Waals surface area contributed by atoms with Crippen molar-refractivity contribution in [2.75, 3.05) is 13.2 Å². The Bertz CT molecular complexity index is 506. The van der Waals surface area contributed by atoms with Crippen LogP contribution in [0.2, 0.25) is 0 Å². The highest BCUT2D eigenvalue weighted by atomic mass is 32.1. The van der Waals surface area contributed by atoms with E-state index in [0.717, 1.165) is 37.0 Å². The van der Waals surface area contributed by atoms with E-state index in [4.69, 9.17) is 4.74 Å². The van der Waals surface area contributed by atoms with Crippen LogP contribution in [-0.4, -0.2) is 42.7 Å². The van der Waals surface area contributed by atoms with Crippen LogP contribution in [0, 0.1) is 0 Å². The molecule has 1 aromatic rings. The van der Waals surface area contributed by atoms with Crippen molar-refractivity contribution < 1.29 is 23.0 Å². The zero-order chi connectivity index (χ0) is 14.8. The molecular formula is C14H17F2NO3S. The van der Waals surface area contributed by atoms with Crippen LogP contribution in [-0.2, 0) is 4.74 Å². The summed E-state index contributed by atoms with van der Waals surface area (Å²) in [4.78, 5) is 14.7. The number of ether oxygens (including phenoxy) is 2. The molecule has 4 nitrogen and oxygen atoms in total. The van der Waals surface area contributed by atoms with Gasteiger partial charge in [-0.3, -0.25) is 4.79 Å². The van der Waals surface area contributed by atoms with Crippen molar-refractivity contribution in [1.29, 1.82) is 0 Å². The van der Waals surface area contributed by atoms with Gasteiger partial charge in [0.2, 0.25) is 0 Å². The smallest absolute Gasteiger partial charge is 0.387 e. The number of halogens is 2. The lowest BCUT2D eigenvalue weighted by molar-refractivity contribution is -0.0757. The minimum atomic E-state index is -2.92. The number of carbonyl (C=O) groups excluding carboxylic acids is 1. The van der Waals surface area contributed by atoms with Gasteiger partial charge in [-0.05, 0) is 24.3 Å². The summed E-state index contributed by atoms with van der Waals surface area (Å²) in [7, 11) is 0. The number of hydrogen-bond donors (Lipinski definition) is 0. The van der Waals surface area contributed by atoms with Gasteiger partial charge in [0, 0.05) is 6.54 Å². The van der Waals surface area contributed by atoms with Crippen LogP contribution in [0.5, 0.6) is 5.75 Å². The molecule has 1 saturated carbocycles. The number of thiophene rings is 1. The SMILES string of the molecule is O=C(c1sccc1OC(F)F)N1CCO[C@@H]2CCCC[C@H]21. The van der Waals surface area contributed by atoms with Crippen LogP contribution >= 0.6 is 11.3 Å². The first-order valence-corrected chi connectivity index (χ1v) is 7.99. The van der Waals surface area contributed by atoms with E-state index >= 15 is 0 Å². The predicted octanol–water partition coefficient (Wildman–Crippen LogP) is 3.13. The molecule has 2 atom stereocenters. The van der Waals surface area contributed by atoms with Gasteiger partial charge in [-0.2, -0.15) is 8.78 Å². The molecule has 2 fully saturated rings. The van der Waals surface area contributed by atoms with Crippen LogP contribution in [0.25, 0.3) is 0 Å². The fraction of sp³-hybridized carbons (Fsp3) is 0.643. The van der Waals surface area contributed by atoms with Crippen molar-refractivity contribution >= 4 is 17.2 Å². The number of nitrogens with zero attached hydrogens (tertiary/aromatic N) is 1. The first-order valence-electron chi connectivity index (χ1n) is 7.11. The average Bonchev–Trinajstić information content (AvgIpc) is 2.93. The Morgan fingerprint density at radius 1 is 1.43 bits per heavy atom. The Labute approximate surface area is 125 Å². The van der Waals surface area contributed by atoms with Crippen molar-refractivity contribution in [2.24, 2.45) is 0 Å². The molecule has 1 saturated heterocycles. The number of alkyl halides is 2. The second-order valence-corrected chi connectivity index (χ2v) is 6.17. The lowest BCUT2D eigenvalue weighted by atomic mass is 9.90. The molecule has 0 aromatic carbocycles. The van der Waals surface area contributed by atoms with Gasteiger partial charge in [-0.25, -0.2) is 0 Å². The van der Waals surface area contributed by atoms with E-state index in [2.05, 4.69) is 4.74 Å². The number of morpholine rings is 1. The highest BCUT2D eigenvalue weighted by Gasteiger charge is 2.38. The van der Waals surface area contributed by atoms with E-state index in [1.165, 1.54) is 6.07 Å². The van der Waals surface area contributed by atoms with E-state index in [1.807, 2.05) is 0 Å². The topological polar surface area (TPSA) is 38.8 Å². The number of hydrogen-bond acceptors (Lipinski definition) is 4. The second kappa shape index (κ2) is 6.27. The summed E-state index contributed by atoms with van der Waals surface area (Å²) in [6.07, 6.45) is 4.13. The van der Waals surface area contributed by atoms with Gasteiger partial charge in [-0.1, -0.05) is 12.8 Å². The highest BCUT2D eigenvalue weighted by Crippen LogP contribution is 2.33. The van der Waals surface area contributed by atoms with Gasteiger partial charge in [0.1, 0.15) is 10.6 Å². The molecule has 116 valence electrons. The summed E-state index contributed by atoms with van der Waals surface area (Å²) in [5.41, 5.74) is 0. The van der Waals surface area contributed by atoms with Crippen LogP contribution in [0.1, 0.15) is 35.4 Å². The van der Waals surface area contributed by atoms with Gasteiger partial charge in [0.15, 0.2) is 0 Å². The summed E-state index contributed by atoms with van der Waals surface area (Å²) >= 11 is 1.14. The largest absolute Gasteiger partial charge is 0.433 e. The monoisotopic (exact) mass is 317 g/mol. The van der Waals surface area contributed by atoms with Gasteiger partial charge in [-0.15, -0.1) is 11.3 Å². The quantitative estimate of drug-likeness (QED) is 0.860. The van der Waals surface area contributed by atoms with E-state index in [-0.39, 0.29) is 28.7 Å². The standard InChI is InChI=1S/C14H17F2NO3S/c15-14(16)20-11-5-8-21-12(11)13(18)17-6-7-19-10-4-2-1-3-9(10)17/h5,8-10,14H,1-4,6-7H2/t9-,10-/m1/s1. The Kier molecular flexibility index (Phi) is 4.40. The third kappa shape index (κ3) is 3.03. The van der Waals surface area contributed by atoms with E-state index < -0.39 is 6.61 Å². The van der Waals surface area contributed by atoms with Crippen LogP contribution in [0.4, 0.5) is 8.78 Å². The lowest BCUT2D eigenvalue weighted by Crippen LogP contribution is -2.54. The van der Waals surface area contributed by atoms with Gasteiger partial charge < -0.3 is 14.4 Å². The highest BCUT2D eigenvalue weighted by molar-refractivity contribution is 7.12. The minimum Gasteiger partial charge on any atom is -0.433 e. The molecule has 21 heavy (non-hydrogen) atoms. The summed E-state index contributed by atoms with van der Waals surface area (Å²) in [5, 5.41) is 1.60. The Balaban J connectivity index is 1.79. The number of rotatable bonds is 3. The molecule has 0 radical (unpaired) electrons. The van der Waals surface area contributed by atoms with Gasteiger partial charge >= 0.3 is 6.61 Å². The van der Waals surface area contributed by atoms with Crippen molar-refractivity contribution in [3.63, 3.8) is 0 Å². The number of fused-ring (bicyclic) bond motifs is 1. The van der Waals surface area contributed by atoms with Crippen molar-refractivity contribution in [2.45, 2.75) is 44.4 Å². The number of amides is 1. The van der Waals surface area contributed by atoms with Crippen LogP contribution in [0.3, 0.4) is 0 Å². The lowest BCUT2D eigenvalue weighted by Gasteiger charge is -2.43. The summed E-state index contributed by atoms with van der Waals surface area (Å²) < 4.78 is 34.9. The molecule has 0 bridgehead atoms. The maximum Gasteiger partial charge on any atom is 0.387 e. The molecular weight excluding hydrogens is 300 g/mol. The zero-order valence-corrected chi connectivity index (χ0v) is 12.3. The first-order chi connectivity index (χ1) is 10.2.